The zero-order chi connectivity index (χ0) is 15.6. The predicted molar refractivity (Wildman–Crippen MR) is 81.1 cm³/mol. The molecular formula is C14H21N3O4S. The smallest absolute Gasteiger partial charge is 0.317 e. The number of amides is 2. The summed E-state index contributed by atoms with van der Waals surface area (Å²) in [6, 6.07) is 3.42. The van der Waals surface area contributed by atoms with Crippen LogP contribution in [0.3, 0.4) is 0 Å². The number of furan rings is 1. The first-order valence-electron chi connectivity index (χ1n) is 7.52. The van der Waals surface area contributed by atoms with Gasteiger partial charge in [0.05, 0.1) is 24.3 Å². The summed E-state index contributed by atoms with van der Waals surface area (Å²) in [6.45, 7) is 3.62. The predicted octanol–water partition coefficient (Wildman–Crippen LogP) is 0.294. The van der Waals surface area contributed by atoms with Crippen LogP contribution >= 0.6 is 0 Å². The first-order chi connectivity index (χ1) is 10.5. The number of hydrogen-bond acceptors (Lipinski definition) is 5. The van der Waals surface area contributed by atoms with Gasteiger partial charge in [0, 0.05) is 32.2 Å². The van der Waals surface area contributed by atoms with Crippen LogP contribution in [0.1, 0.15) is 12.2 Å². The van der Waals surface area contributed by atoms with Crippen LogP contribution in [0.5, 0.6) is 0 Å². The van der Waals surface area contributed by atoms with E-state index in [1.54, 1.807) is 11.2 Å². The summed E-state index contributed by atoms with van der Waals surface area (Å²) in [5, 5.41) is 2.84. The fourth-order valence-corrected chi connectivity index (χ4v) is 4.58. The van der Waals surface area contributed by atoms with Crippen LogP contribution in [-0.4, -0.2) is 68.0 Å². The molecule has 7 nitrogen and oxygen atoms in total. The summed E-state index contributed by atoms with van der Waals surface area (Å²) in [6.07, 6.45) is 2.18. The van der Waals surface area contributed by atoms with Crippen molar-refractivity contribution in [2.24, 2.45) is 0 Å². The number of sulfone groups is 1. The molecule has 3 heterocycles. The molecule has 0 bridgehead atoms. The second kappa shape index (κ2) is 6.29. The average molecular weight is 327 g/mol. The summed E-state index contributed by atoms with van der Waals surface area (Å²) in [5.41, 5.74) is 0. The van der Waals surface area contributed by atoms with Crippen molar-refractivity contribution >= 4 is 15.9 Å². The minimum atomic E-state index is -2.96. The van der Waals surface area contributed by atoms with E-state index in [0.29, 0.717) is 19.5 Å². The van der Waals surface area contributed by atoms with Crippen molar-refractivity contribution in [2.75, 3.05) is 37.7 Å². The van der Waals surface area contributed by atoms with Gasteiger partial charge >= 0.3 is 6.03 Å². The molecule has 1 N–H and O–H groups in total. The highest BCUT2D eigenvalue weighted by Crippen LogP contribution is 2.13. The first-order valence-corrected chi connectivity index (χ1v) is 9.34. The third-order valence-electron chi connectivity index (χ3n) is 4.18. The zero-order valence-electron chi connectivity index (χ0n) is 12.4. The van der Waals surface area contributed by atoms with Gasteiger partial charge in [-0.3, -0.25) is 4.90 Å². The average Bonchev–Trinajstić information content (AvgIpc) is 3.09. The lowest BCUT2D eigenvalue weighted by molar-refractivity contribution is 0.129. The van der Waals surface area contributed by atoms with Crippen LogP contribution in [0.2, 0.25) is 0 Å². The van der Waals surface area contributed by atoms with E-state index in [-0.39, 0.29) is 23.6 Å². The lowest BCUT2D eigenvalue weighted by atomic mass is 10.2. The molecule has 22 heavy (non-hydrogen) atoms. The molecule has 0 aliphatic carbocycles. The molecule has 2 fully saturated rings. The number of carbonyl (C=O) groups is 1. The largest absolute Gasteiger partial charge is 0.468 e. The molecule has 1 aromatic rings. The zero-order valence-corrected chi connectivity index (χ0v) is 13.2. The SMILES string of the molecule is O=C(N[C@@H]1CCS(=O)(=O)C1)N1CCN(Cc2ccco2)CC1. The number of nitrogens with zero attached hydrogens (tertiary/aromatic N) is 2. The van der Waals surface area contributed by atoms with Crippen LogP contribution in [0.4, 0.5) is 4.79 Å². The minimum Gasteiger partial charge on any atom is -0.468 e. The van der Waals surface area contributed by atoms with Gasteiger partial charge in [-0.05, 0) is 18.6 Å². The van der Waals surface area contributed by atoms with Gasteiger partial charge in [-0.1, -0.05) is 0 Å². The number of carbonyl (C=O) groups excluding carboxylic acids is 1. The number of piperazine rings is 1. The normalized spacial score (nSPS) is 25.3. The Labute approximate surface area is 130 Å². The molecule has 0 unspecified atom stereocenters. The Hall–Kier alpha value is -1.54. The van der Waals surface area contributed by atoms with E-state index in [1.165, 1.54) is 0 Å². The molecule has 1 atom stereocenters. The first kappa shape index (κ1) is 15.4. The topological polar surface area (TPSA) is 82.9 Å². The monoisotopic (exact) mass is 327 g/mol. The van der Waals surface area contributed by atoms with Crippen molar-refractivity contribution in [3.05, 3.63) is 24.2 Å². The molecular weight excluding hydrogens is 306 g/mol. The van der Waals surface area contributed by atoms with Crippen molar-refractivity contribution in [2.45, 2.75) is 19.0 Å². The minimum absolute atomic E-state index is 0.0667. The highest BCUT2D eigenvalue weighted by atomic mass is 32.2. The molecule has 1 aromatic heterocycles. The van der Waals surface area contributed by atoms with Crippen molar-refractivity contribution in [1.82, 2.24) is 15.1 Å². The quantitative estimate of drug-likeness (QED) is 0.863. The van der Waals surface area contributed by atoms with Gasteiger partial charge in [-0.15, -0.1) is 0 Å². The number of nitrogens with one attached hydrogen (secondary N) is 1. The molecule has 2 aliphatic rings. The van der Waals surface area contributed by atoms with Crippen molar-refractivity contribution in [1.29, 1.82) is 0 Å². The lowest BCUT2D eigenvalue weighted by Gasteiger charge is -2.34. The van der Waals surface area contributed by atoms with Gasteiger partial charge in [-0.25, -0.2) is 13.2 Å². The molecule has 2 aliphatic heterocycles. The van der Waals surface area contributed by atoms with E-state index in [9.17, 15) is 13.2 Å². The molecule has 122 valence electrons. The van der Waals surface area contributed by atoms with Gasteiger partial charge in [0.25, 0.3) is 0 Å². The Morgan fingerprint density at radius 3 is 2.68 bits per heavy atom. The van der Waals surface area contributed by atoms with Gasteiger partial charge < -0.3 is 14.6 Å². The maximum absolute atomic E-state index is 12.2. The molecule has 2 amide bonds. The van der Waals surface area contributed by atoms with Crippen LogP contribution < -0.4 is 5.32 Å². The lowest BCUT2D eigenvalue weighted by Crippen LogP contribution is -2.53. The van der Waals surface area contributed by atoms with Gasteiger partial charge in [0.1, 0.15) is 5.76 Å². The third-order valence-corrected chi connectivity index (χ3v) is 5.95. The Kier molecular flexibility index (Phi) is 4.39. The Morgan fingerprint density at radius 1 is 1.32 bits per heavy atom. The highest BCUT2D eigenvalue weighted by Gasteiger charge is 2.30. The maximum Gasteiger partial charge on any atom is 0.317 e. The number of hydrogen-bond donors (Lipinski definition) is 1. The van der Waals surface area contributed by atoms with Crippen LogP contribution in [-0.2, 0) is 16.4 Å². The van der Waals surface area contributed by atoms with E-state index in [0.717, 1.165) is 25.4 Å². The Bertz CT molecular complexity index is 606. The third kappa shape index (κ3) is 3.80. The Balaban J connectivity index is 1.44. The molecule has 0 radical (unpaired) electrons. The fourth-order valence-electron chi connectivity index (χ4n) is 2.91. The van der Waals surface area contributed by atoms with Crippen molar-refractivity contribution in [3.8, 4) is 0 Å². The molecule has 0 saturated carbocycles. The molecule has 3 rings (SSSR count). The standard InChI is InChI=1S/C14H21N3O4S/c18-14(15-12-3-9-22(19,20)11-12)17-6-4-16(5-7-17)10-13-2-1-8-21-13/h1-2,8,12H,3-7,9-11H2,(H,15,18)/t12-/m1/s1. The summed E-state index contributed by atoms with van der Waals surface area (Å²) in [4.78, 5) is 16.2. The van der Waals surface area contributed by atoms with Crippen LogP contribution in [0, 0.1) is 0 Å². The fraction of sp³-hybridized carbons (Fsp3) is 0.643. The van der Waals surface area contributed by atoms with E-state index < -0.39 is 9.84 Å². The van der Waals surface area contributed by atoms with Crippen LogP contribution in [0.25, 0.3) is 0 Å². The van der Waals surface area contributed by atoms with Crippen molar-refractivity contribution in [3.63, 3.8) is 0 Å². The van der Waals surface area contributed by atoms with E-state index in [4.69, 9.17) is 4.42 Å². The van der Waals surface area contributed by atoms with Gasteiger partial charge in [-0.2, -0.15) is 0 Å². The molecule has 2 saturated heterocycles. The Morgan fingerprint density at radius 2 is 2.09 bits per heavy atom. The van der Waals surface area contributed by atoms with Crippen LogP contribution in [0.15, 0.2) is 22.8 Å². The summed E-state index contributed by atoms with van der Waals surface area (Å²) >= 11 is 0. The second-order valence-corrected chi connectivity index (χ2v) is 8.12. The van der Waals surface area contributed by atoms with E-state index >= 15 is 0 Å². The summed E-state index contributed by atoms with van der Waals surface area (Å²) < 4.78 is 28.2. The summed E-state index contributed by atoms with van der Waals surface area (Å²) in [7, 11) is -2.96. The molecule has 0 aromatic carbocycles. The number of urea groups is 1. The highest BCUT2D eigenvalue weighted by molar-refractivity contribution is 7.91. The maximum atomic E-state index is 12.2. The number of rotatable bonds is 3. The van der Waals surface area contributed by atoms with E-state index in [2.05, 4.69) is 10.2 Å². The van der Waals surface area contributed by atoms with Gasteiger partial charge in [0.15, 0.2) is 9.84 Å². The molecule has 0 spiro atoms. The van der Waals surface area contributed by atoms with E-state index in [1.807, 2.05) is 12.1 Å². The molecule has 8 heteroatoms. The second-order valence-electron chi connectivity index (χ2n) is 5.89. The van der Waals surface area contributed by atoms with Gasteiger partial charge in [0.2, 0.25) is 0 Å². The summed E-state index contributed by atoms with van der Waals surface area (Å²) in [5.74, 6) is 1.17. The van der Waals surface area contributed by atoms with Crippen molar-refractivity contribution < 1.29 is 17.6 Å².